The predicted molar refractivity (Wildman–Crippen MR) is 147 cm³/mol. The molecule has 2 heterocycles. The molecule has 0 bridgehead atoms. The van der Waals surface area contributed by atoms with Gasteiger partial charge in [-0.3, -0.25) is 9.78 Å². The first-order chi connectivity index (χ1) is 18.3. The number of anilines is 1. The van der Waals surface area contributed by atoms with E-state index in [2.05, 4.69) is 22.2 Å². The van der Waals surface area contributed by atoms with Crippen LogP contribution in [0, 0.1) is 24.5 Å². The van der Waals surface area contributed by atoms with Gasteiger partial charge in [-0.2, -0.15) is 0 Å². The van der Waals surface area contributed by atoms with E-state index in [1.54, 1.807) is 39.5 Å². The van der Waals surface area contributed by atoms with Crippen molar-refractivity contribution in [2.24, 2.45) is 11.7 Å². The van der Waals surface area contributed by atoms with Gasteiger partial charge in [-0.1, -0.05) is 31.7 Å². The van der Waals surface area contributed by atoms with Gasteiger partial charge in [-0.05, 0) is 73.9 Å². The van der Waals surface area contributed by atoms with Crippen LogP contribution in [0.3, 0.4) is 0 Å². The van der Waals surface area contributed by atoms with Gasteiger partial charge in [0.2, 0.25) is 0 Å². The number of nitrogens with two attached hydrogens (primary N) is 1. The number of hydrogen-bond donors (Lipinski definition) is 2. The van der Waals surface area contributed by atoms with Crippen LogP contribution in [0.5, 0.6) is 0 Å². The van der Waals surface area contributed by atoms with Crippen molar-refractivity contribution in [3.8, 4) is 11.3 Å². The Morgan fingerprint density at radius 3 is 2.68 bits per heavy atom. The van der Waals surface area contributed by atoms with Crippen LogP contribution in [-0.2, 0) is 4.74 Å². The third-order valence-corrected chi connectivity index (χ3v) is 7.35. The van der Waals surface area contributed by atoms with Gasteiger partial charge in [-0.15, -0.1) is 0 Å². The summed E-state index contributed by atoms with van der Waals surface area (Å²) >= 11 is 0. The van der Waals surface area contributed by atoms with E-state index in [1.807, 2.05) is 13.0 Å². The molecule has 1 aliphatic rings. The molecular formula is C29H34BF2N4O2. The molecule has 38 heavy (non-hydrogen) atoms. The maximum absolute atomic E-state index is 14.9. The summed E-state index contributed by atoms with van der Waals surface area (Å²) in [7, 11) is 1.69. The van der Waals surface area contributed by atoms with E-state index in [9.17, 15) is 13.6 Å². The number of pyridine rings is 2. The van der Waals surface area contributed by atoms with Gasteiger partial charge in [0.15, 0.2) is 0 Å². The smallest absolute Gasteiger partial charge is 0.274 e. The monoisotopic (exact) mass is 519 g/mol. The zero-order valence-electron chi connectivity index (χ0n) is 22.3. The Labute approximate surface area is 223 Å². The SMILES string of the molecule is C[B]c1cc(C)cc(F)c1-c1nc(C(=O)Nc2cnccc2C2CC(N)C(OCC)C(CC)C2)ccc1F. The number of rotatable bonds is 8. The lowest BCUT2D eigenvalue weighted by molar-refractivity contribution is -0.0233. The molecule has 0 saturated heterocycles. The van der Waals surface area contributed by atoms with Crippen molar-refractivity contribution in [2.45, 2.75) is 64.9 Å². The molecule has 0 aliphatic heterocycles. The molecule has 3 N–H and O–H groups in total. The molecule has 4 atom stereocenters. The number of carbonyl (C=O) groups excluding carboxylic acids is 1. The molecule has 2 aromatic heterocycles. The number of halogens is 2. The fraction of sp³-hybridized carbons (Fsp3) is 0.414. The first kappa shape index (κ1) is 27.9. The van der Waals surface area contributed by atoms with Crippen molar-refractivity contribution >= 4 is 24.3 Å². The number of carbonyl (C=O) groups is 1. The molecule has 0 spiro atoms. The fourth-order valence-electron chi connectivity index (χ4n) is 5.56. The minimum absolute atomic E-state index is 0.00962. The molecule has 1 aliphatic carbocycles. The average molecular weight is 519 g/mol. The highest BCUT2D eigenvalue weighted by atomic mass is 19.1. The van der Waals surface area contributed by atoms with Crippen LogP contribution in [0.15, 0.2) is 42.7 Å². The Morgan fingerprint density at radius 2 is 1.97 bits per heavy atom. The summed E-state index contributed by atoms with van der Waals surface area (Å²) in [5, 5.41) is 2.90. The molecule has 1 saturated carbocycles. The van der Waals surface area contributed by atoms with Crippen molar-refractivity contribution in [1.82, 2.24) is 9.97 Å². The minimum Gasteiger partial charge on any atom is -0.377 e. The molecule has 1 fully saturated rings. The van der Waals surface area contributed by atoms with Crippen molar-refractivity contribution in [2.75, 3.05) is 11.9 Å². The maximum atomic E-state index is 14.9. The van der Waals surface area contributed by atoms with Gasteiger partial charge in [0.25, 0.3) is 5.91 Å². The second kappa shape index (κ2) is 12.1. The molecule has 3 aromatic rings. The Balaban J connectivity index is 1.62. The molecular weight excluding hydrogens is 485 g/mol. The number of hydrogen-bond acceptors (Lipinski definition) is 5. The topological polar surface area (TPSA) is 90.1 Å². The average Bonchev–Trinajstić information content (AvgIpc) is 2.90. The van der Waals surface area contributed by atoms with Crippen molar-refractivity contribution in [3.63, 3.8) is 0 Å². The number of nitrogens with one attached hydrogen (secondary N) is 1. The summed E-state index contributed by atoms with van der Waals surface area (Å²) in [5.74, 6) is -1.42. The van der Waals surface area contributed by atoms with Gasteiger partial charge < -0.3 is 15.8 Å². The molecule has 1 amide bonds. The number of amides is 1. The molecule has 9 heteroatoms. The van der Waals surface area contributed by atoms with E-state index in [-0.39, 0.29) is 35.0 Å². The van der Waals surface area contributed by atoms with Crippen molar-refractivity contribution in [1.29, 1.82) is 0 Å². The van der Waals surface area contributed by atoms with E-state index in [0.717, 1.165) is 30.9 Å². The number of nitrogens with zero attached hydrogens (tertiary/aromatic N) is 2. The molecule has 199 valence electrons. The lowest BCUT2D eigenvalue weighted by Crippen LogP contribution is -2.47. The van der Waals surface area contributed by atoms with Crippen LogP contribution >= 0.6 is 0 Å². The van der Waals surface area contributed by atoms with Gasteiger partial charge in [0, 0.05) is 24.4 Å². The summed E-state index contributed by atoms with van der Waals surface area (Å²) in [6, 6.07) is 7.29. The molecule has 6 nitrogen and oxygen atoms in total. The Kier molecular flexibility index (Phi) is 8.89. The highest BCUT2D eigenvalue weighted by Gasteiger charge is 2.37. The van der Waals surface area contributed by atoms with Crippen LogP contribution in [-0.4, -0.2) is 41.9 Å². The lowest BCUT2D eigenvalue weighted by atomic mass is 9.69. The second-order valence-corrected chi connectivity index (χ2v) is 9.86. The largest absolute Gasteiger partial charge is 0.377 e. The Morgan fingerprint density at radius 1 is 1.18 bits per heavy atom. The highest BCUT2D eigenvalue weighted by Crippen LogP contribution is 2.41. The number of benzene rings is 1. The highest BCUT2D eigenvalue weighted by molar-refractivity contribution is 6.54. The fourth-order valence-corrected chi connectivity index (χ4v) is 5.56. The van der Waals surface area contributed by atoms with Crippen molar-refractivity contribution in [3.05, 3.63) is 71.2 Å². The normalized spacial score (nSPS) is 21.2. The third-order valence-electron chi connectivity index (χ3n) is 7.35. The standard InChI is InChI=1S/C29H34BF2N4O2/c1-5-17-13-18(14-23(33)28(17)38-6-2)19-9-10-34-15-25(19)36-29(37)24-8-7-21(31)27(35-24)26-20(30-4)11-16(3)12-22(26)32/h7-12,15,17-18,23,28H,5-6,13-14,33H2,1-4H3,(H,36,37). The van der Waals surface area contributed by atoms with E-state index >= 15 is 0 Å². The molecule has 1 aromatic carbocycles. The number of ether oxygens (including phenoxy) is 1. The Bertz CT molecular complexity index is 1310. The summed E-state index contributed by atoms with van der Waals surface area (Å²) in [5.41, 5.74) is 9.02. The minimum atomic E-state index is -0.708. The maximum Gasteiger partial charge on any atom is 0.274 e. The van der Waals surface area contributed by atoms with Gasteiger partial charge in [0.05, 0.1) is 18.0 Å². The van der Waals surface area contributed by atoms with E-state index in [0.29, 0.717) is 29.2 Å². The molecule has 4 unspecified atom stereocenters. The molecule has 1 radical (unpaired) electrons. The Hall–Kier alpha value is -3.17. The predicted octanol–water partition coefficient (Wildman–Crippen LogP) is 5.00. The van der Waals surface area contributed by atoms with Crippen LogP contribution < -0.4 is 16.5 Å². The van der Waals surface area contributed by atoms with E-state index in [4.69, 9.17) is 10.5 Å². The van der Waals surface area contributed by atoms with Crippen LogP contribution in [0.1, 0.15) is 60.6 Å². The zero-order valence-corrected chi connectivity index (χ0v) is 22.3. The van der Waals surface area contributed by atoms with Gasteiger partial charge in [0.1, 0.15) is 30.3 Å². The summed E-state index contributed by atoms with van der Waals surface area (Å²) < 4.78 is 35.7. The van der Waals surface area contributed by atoms with Crippen LogP contribution in [0.2, 0.25) is 6.82 Å². The zero-order chi connectivity index (χ0) is 27.4. The summed E-state index contributed by atoms with van der Waals surface area (Å²) in [4.78, 5) is 21.7. The second-order valence-electron chi connectivity index (χ2n) is 9.86. The summed E-state index contributed by atoms with van der Waals surface area (Å²) in [6.45, 7) is 8.24. The van der Waals surface area contributed by atoms with Crippen molar-refractivity contribution < 1.29 is 18.3 Å². The van der Waals surface area contributed by atoms with Gasteiger partial charge >= 0.3 is 0 Å². The third kappa shape index (κ3) is 5.79. The number of aromatic nitrogens is 2. The first-order valence-electron chi connectivity index (χ1n) is 13.2. The quantitative estimate of drug-likeness (QED) is 0.409. The lowest BCUT2D eigenvalue weighted by Gasteiger charge is -2.40. The molecule has 4 rings (SSSR count). The van der Waals surface area contributed by atoms with Gasteiger partial charge in [-0.25, -0.2) is 13.8 Å². The van der Waals surface area contributed by atoms with E-state index < -0.39 is 17.5 Å². The van der Waals surface area contributed by atoms with E-state index in [1.165, 1.54) is 12.1 Å². The summed E-state index contributed by atoms with van der Waals surface area (Å²) in [6.07, 6.45) is 5.85. The van der Waals surface area contributed by atoms with Crippen LogP contribution in [0.4, 0.5) is 14.5 Å². The number of aryl methyl sites for hydroxylation is 1. The first-order valence-corrected chi connectivity index (χ1v) is 13.2. The van der Waals surface area contributed by atoms with Crippen LogP contribution in [0.25, 0.3) is 11.3 Å².